The van der Waals surface area contributed by atoms with Crippen LogP contribution in [-0.2, 0) is 20.9 Å². The largest absolute Gasteiger partial charge is 0.481 e. The third-order valence-corrected chi connectivity index (χ3v) is 15.1. The molecular weight excluding hydrogens is 528 g/mol. The van der Waals surface area contributed by atoms with Gasteiger partial charge in [0.15, 0.2) is 5.76 Å². The van der Waals surface area contributed by atoms with Gasteiger partial charge in [0.1, 0.15) is 12.4 Å². The highest BCUT2D eigenvalue weighted by molar-refractivity contribution is 5.76. The minimum Gasteiger partial charge on any atom is -0.481 e. The Kier molecular flexibility index (Phi) is 6.54. The minimum atomic E-state index is -0.567. The van der Waals surface area contributed by atoms with Crippen molar-refractivity contribution in [3.63, 3.8) is 0 Å². The number of carboxylic acid groups (broad SMARTS) is 1. The molecule has 0 amide bonds. The molecule has 5 aliphatic carbocycles. The molecule has 1 aliphatic heterocycles. The van der Waals surface area contributed by atoms with Crippen molar-refractivity contribution in [3.05, 3.63) is 35.8 Å². The number of aliphatic hydroxyl groups is 1. The molecule has 6 aliphatic rings. The lowest BCUT2D eigenvalue weighted by Gasteiger charge is -2.73. The smallest absolute Gasteiger partial charge is 0.309 e. The van der Waals surface area contributed by atoms with Crippen molar-refractivity contribution in [2.24, 2.45) is 56.7 Å². The number of aliphatic hydroxyl groups excluding tert-OH is 1. The fourth-order valence-electron chi connectivity index (χ4n) is 12.9. The predicted octanol–water partition coefficient (Wildman–Crippen LogP) is 7.91. The van der Waals surface area contributed by atoms with Crippen LogP contribution < -0.4 is 0 Å². The first-order valence-electron chi connectivity index (χ1n) is 16.7. The standard InChI is InChI=1S/C36H52O6/c1-21(2)23-11-16-36(31(38)39)18-17-34(5)24(29(23)36)8-10-27-32(3)14-13-28-33(4,26(32)12-15-35(27,34)6)20-40-30(42-28)25-9-7-22(19-37)41-25/h7,9,23-24,26-30,37H,1,8,10-20H2,2-6H3,(H,38,39). The molecule has 7 rings (SSSR count). The van der Waals surface area contributed by atoms with Crippen molar-refractivity contribution in [2.75, 3.05) is 6.61 Å². The number of ether oxygens (including phenoxy) is 2. The van der Waals surface area contributed by atoms with Crippen molar-refractivity contribution < 1.29 is 28.9 Å². The molecule has 1 aromatic heterocycles. The molecule has 12 unspecified atom stereocenters. The number of carbonyl (C=O) groups is 1. The first-order valence-corrected chi connectivity index (χ1v) is 16.7. The number of allylic oxidation sites excluding steroid dienone is 1. The van der Waals surface area contributed by atoms with Crippen LogP contribution in [0.1, 0.15) is 117 Å². The highest BCUT2D eigenvalue weighted by Gasteiger charge is 2.72. The molecule has 0 aromatic carbocycles. The Balaban J connectivity index is 1.18. The molecule has 12 atom stereocenters. The van der Waals surface area contributed by atoms with Gasteiger partial charge < -0.3 is 24.1 Å². The number of aliphatic carboxylic acids is 1. The van der Waals surface area contributed by atoms with Gasteiger partial charge in [-0.05, 0) is 129 Å². The van der Waals surface area contributed by atoms with Crippen LogP contribution in [0.3, 0.4) is 0 Å². The lowest BCUT2D eigenvalue weighted by atomic mass is 9.32. The first-order chi connectivity index (χ1) is 19.8. The molecule has 1 aromatic rings. The third kappa shape index (κ3) is 3.58. The van der Waals surface area contributed by atoms with Crippen LogP contribution in [0.4, 0.5) is 0 Å². The first kappa shape index (κ1) is 29.1. The van der Waals surface area contributed by atoms with Gasteiger partial charge in [-0.1, -0.05) is 39.8 Å². The molecule has 6 nitrogen and oxygen atoms in total. The van der Waals surface area contributed by atoms with Gasteiger partial charge in [0.25, 0.3) is 0 Å². The van der Waals surface area contributed by atoms with Crippen LogP contribution in [0.2, 0.25) is 0 Å². The molecule has 2 heterocycles. The Morgan fingerprint density at radius 3 is 2.40 bits per heavy atom. The van der Waals surface area contributed by atoms with Crippen LogP contribution in [0.15, 0.2) is 28.7 Å². The monoisotopic (exact) mass is 580 g/mol. The highest BCUT2D eigenvalue weighted by Crippen LogP contribution is 2.78. The molecular formula is C36H52O6. The summed E-state index contributed by atoms with van der Waals surface area (Å²) < 4.78 is 18.8. The zero-order valence-electron chi connectivity index (χ0n) is 26.4. The summed E-state index contributed by atoms with van der Waals surface area (Å²) in [5, 5.41) is 20.1. The number of hydrogen-bond donors (Lipinski definition) is 2. The average molecular weight is 581 g/mol. The van der Waals surface area contributed by atoms with Crippen LogP contribution in [-0.4, -0.2) is 28.9 Å². The van der Waals surface area contributed by atoms with Crippen molar-refractivity contribution in [1.29, 1.82) is 0 Å². The number of carboxylic acids is 1. The van der Waals surface area contributed by atoms with Crippen molar-refractivity contribution >= 4 is 5.97 Å². The normalized spacial score (nSPS) is 51.4. The fourth-order valence-corrected chi connectivity index (χ4v) is 12.9. The summed E-state index contributed by atoms with van der Waals surface area (Å²) in [6, 6.07) is 3.66. The summed E-state index contributed by atoms with van der Waals surface area (Å²) in [5.74, 6) is 2.75. The number of fused-ring (bicyclic) bond motifs is 9. The van der Waals surface area contributed by atoms with E-state index in [1.807, 2.05) is 6.07 Å². The van der Waals surface area contributed by atoms with E-state index in [4.69, 9.17) is 13.9 Å². The van der Waals surface area contributed by atoms with E-state index in [0.29, 0.717) is 41.8 Å². The van der Waals surface area contributed by atoms with Gasteiger partial charge in [0.05, 0.1) is 18.1 Å². The van der Waals surface area contributed by atoms with Crippen LogP contribution >= 0.6 is 0 Å². The van der Waals surface area contributed by atoms with Crippen molar-refractivity contribution in [1.82, 2.24) is 0 Å². The van der Waals surface area contributed by atoms with Crippen LogP contribution in [0.5, 0.6) is 0 Å². The van der Waals surface area contributed by atoms with E-state index in [1.165, 1.54) is 24.8 Å². The SMILES string of the molecule is C=C(C)C1CCC2(C(=O)O)CCC3(C)C(CCC4C5(C)CCC6OC(c7ccc(CO)o7)OCC6(C)C5CCC43C)C12. The molecule has 1 saturated heterocycles. The van der Waals surface area contributed by atoms with Gasteiger partial charge in [-0.2, -0.15) is 0 Å². The summed E-state index contributed by atoms with van der Waals surface area (Å²) in [4.78, 5) is 12.9. The second kappa shape index (κ2) is 9.44. The molecule has 0 radical (unpaired) electrons. The Labute approximate surface area is 251 Å². The molecule has 6 heteroatoms. The molecule has 232 valence electrons. The Morgan fingerprint density at radius 1 is 0.929 bits per heavy atom. The van der Waals surface area contributed by atoms with E-state index >= 15 is 0 Å². The quantitative estimate of drug-likeness (QED) is 0.352. The van der Waals surface area contributed by atoms with Gasteiger partial charge in [-0.3, -0.25) is 4.79 Å². The lowest BCUT2D eigenvalue weighted by Crippen LogP contribution is -2.68. The highest BCUT2D eigenvalue weighted by atomic mass is 16.7. The minimum absolute atomic E-state index is 0.0590. The van der Waals surface area contributed by atoms with E-state index in [0.717, 1.165) is 44.9 Å². The molecule has 2 N–H and O–H groups in total. The Bertz CT molecular complexity index is 1270. The van der Waals surface area contributed by atoms with Crippen LogP contribution in [0, 0.1) is 56.7 Å². The van der Waals surface area contributed by atoms with E-state index < -0.39 is 17.7 Å². The van der Waals surface area contributed by atoms with Crippen molar-refractivity contribution in [3.8, 4) is 0 Å². The second-order valence-corrected chi connectivity index (χ2v) is 16.4. The third-order valence-electron chi connectivity index (χ3n) is 15.1. The van der Waals surface area contributed by atoms with E-state index in [9.17, 15) is 15.0 Å². The Morgan fingerprint density at radius 2 is 1.71 bits per heavy atom. The number of hydrogen-bond acceptors (Lipinski definition) is 5. The number of furan rings is 1. The molecule has 6 fully saturated rings. The van der Waals surface area contributed by atoms with Gasteiger partial charge in [0.2, 0.25) is 6.29 Å². The van der Waals surface area contributed by atoms with E-state index in [2.05, 4.69) is 41.2 Å². The van der Waals surface area contributed by atoms with Crippen molar-refractivity contribution in [2.45, 2.75) is 118 Å². The summed E-state index contributed by atoms with van der Waals surface area (Å²) >= 11 is 0. The van der Waals surface area contributed by atoms with Gasteiger partial charge in [-0.15, -0.1) is 0 Å². The van der Waals surface area contributed by atoms with E-state index in [-0.39, 0.29) is 40.3 Å². The lowest BCUT2D eigenvalue weighted by molar-refractivity contribution is -0.327. The van der Waals surface area contributed by atoms with Gasteiger partial charge in [-0.25, -0.2) is 0 Å². The summed E-state index contributed by atoms with van der Waals surface area (Å²) in [7, 11) is 0. The van der Waals surface area contributed by atoms with Crippen LogP contribution in [0.25, 0.3) is 0 Å². The number of rotatable bonds is 4. The topological polar surface area (TPSA) is 89.1 Å². The summed E-state index contributed by atoms with van der Waals surface area (Å²) in [5.41, 5.74) is 1.09. The van der Waals surface area contributed by atoms with Gasteiger partial charge >= 0.3 is 5.97 Å². The molecule has 42 heavy (non-hydrogen) atoms. The van der Waals surface area contributed by atoms with Gasteiger partial charge in [0, 0.05) is 5.41 Å². The van der Waals surface area contributed by atoms with E-state index in [1.54, 1.807) is 6.07 Å². The average Bonchev–Trinajstić information content (AvgIpc) is 3.59. The summed E-state index contributed by atoms with van der Waals surface area (Å²) in [6.07, 6.45) is 10.1. The second-order valence-electron chi connectivity index (χ2n) is 16.4. The zero-order chi connectivity index (χ0) is 29.9. The Hall–Kier alpha value is -1.63. The summed E-state index contributed by atoms with van der Waals surface area (Å²) in [6.45, 7) is 17.2. The predicted molar refractivity (Wildman–Crippen MR) is 159 cm³/mol. The molecule has 0 bridgehead atoms. The molecule has 5 saturated carbocycles. The maximum absolute atomic E-state index is 12.9. The maximum Gasteiger partial charge on any atom is 0.309 e. The fraction of sp³-hybridized carbons (Fsp3) is 0.806. The maximum atomic E-state index is 12.9. The zero-order valence-corrected chi connectivity index (χ0v) is 26.4. The molecule has 0 spiro atoms.